The lowest BCUT2D eigenvalue weighted by Crippen LogP contribution is -2.35. The van der Waals surface area contributed by atoms with Crippen molar-refractivity contribution in [2.45, 2.75) is 26.3 Å². The molecular weight excluding hydrogens is 304 g/mol. The first-order valence-electron chi connectivity index (χ1n) is 7.85. The summed E-state index contributed by atoms with van der Waals surface area (Å²) in [4.78, 5) is 26.5. The van der Waals surface area contributed by atoms with E-state index < -0.39 is 6.04 Å². The van der Waals surface area contributed by atoms with Crippen molar-refractivity contribution < 1.29 is 14.3 Å². The zero-order chi connectivity index (χ0) is 17.3. The molecule has 0 spiro atoms. The van der Waals surface area contributed by atoms with E-state index in [0.717, 1.165) is 16.8 Å². The Morgan fingerprint density at radius 2 is 1.88 bits per heavy atom. The smallest absolute Gasteiger partial charge is 0.256 e. The summed E-state index contributed by atoms with van der Waals surface area (Å²) in [5.74, 6) is 0.286. The predicted octanol–water partition coefficient (Wildman–Crippen LogP) is 3.06. The molecule has 0 aliphatic carbocycles. The van der Waals surface area contributed by atoms with Gasteiger partial charge in [0.15, 0.2) is 0 Å². The number of rotatable bonds is 4. The van der Waals surface area contributed by atoms with Gasteiger partial charge in [-0.05, 0) is 43.2 Å². The lowest BCUT2D eigenvalue weighted by Gasteiger charge is -2.19. The summed E-state index contributed by atoms with van der Waals surface area (Å²) in [6, 6.07) is 12.4. The van der Waals surface area contributed by atoms with Crippen molar-refractivity contribution >= 4 is 23.2 Å². The van der Waals surface area contributed by atoms with Gasteiger partial charge in [0, 0.05) is 11.8 Å². The molecule has 24 heavy (non-hydrogen) atoms. The SMILES string of the molecule is COc1cccc(N[C@H]2CC(=O)N(c3cccc(C)c3C)C2=O)c1. The normalized spacial score (nSPS) is 17.3. The Morgan fingerprint density at radius 3 is 2.62 bits per heavy atom. The average Bonchev–Trinajstić information content (AvgIpc) is 2.84. The molecule has 1 fully saturated rings. The monoisotopic (exact) mass is 324 g/mol. The zero-order valence-electron chi connectivity index (χ0n) is 14.0. The van der Waals surface area contributed by atoms with E-state index in [-0.39, 0.29) is 18.2 Å². The number of nitrogens with zero attached hydrogens (tertiary/aromatic N) is 1. The minimum Gasteiger partial charge on any atom is -0.497 e. The molecule has 3 rings (SSSR count). The number of ether oxygens (including phenoxy) is 1. The Hall–Kier alpha value is -2.82. The second-order valence-electron chi connectivity index (χ2n) is 5.92. The standard InChI is InChI=1S/C19H20N2O3/c1-12-6-4-9-17(13(12)2)21-18(22)11-16(19(21)23)20-14-7-5-8-15(10-14)24-3/h4-10,16,20H,11H2,1-3H3/t16-/m0/s1. The van der Waals surface area contributed by atoms with Gasteiger partial charge in [-0.15, -0.1) is 0 Å². The first-order chi connectivity index (χ1) is 11.5. The van der Waals surface area contributed by atoms with Gasteiger partial charge in [-0.2, -0.15) is 0 Å². The number of hydrogen-bond donors (Lipinski definition) is 1. The van der Waals surface area contributed by atoms with Crippen molar-refractivity contribution in [2.75, 3.05) is 17.3 Å². The predicted molar refractivity (Wildman–Crippen MR) is 93.4 cm³/mol. The van der Waals surface area contributed by atoms with Crippen LogP contribution in [-0.2, 0) is 9.59 Å². The van der Waals surface area contributed by atoms with Crippen molar-refractivity contribution in [3.8, 4) is 5.75 Å². The highest BCUT2D eigenvalue weighted by Gasteiger charge is 2.40. The summed E-state index contributed by atoms with van der Waals surface area (Å²) < 4.78 is 5.18. The molecule has 124 valence electrons. The summed E-state index contributed by atoms with van der Waals surface area (Å²) in [6.45, 7) is 3.89. The van der Waals surface area contributed by atoms with Crippen LogP contribution in [0.2, 0.25) is 0 Å². The summed E-state index contributed by atoms with van der Waals surface area (Å²) in [6.07, 6.45) is 0.142. The number of carbonyl (C=O) groups is 2. The fourth-order valence-electron chi connectivity index (χ4n) is 2.89. The molecule has 5 heteroatoms. The molecule has 0 bridgehead atoms. The fraction of sp³-hybridized carbons (Fsp3) is 0.263. The maximum Gasteiger partial charge on any atom is 0.256 e. The van der Waals surface area contributed by atoms with E-state index in [4.69, 9.17) is 4.74 Å². The Labute approximate surface area is 141 Å². The second kappa shape index (κ2) is 6.35. The highest BCUT2D eigenvalue weighted by atomic mass is 16.5. The number of anilines is 2. The molecule has 1 saturated heterocycles. The van der Waals surface area contributed by atoms with E-state index in [1.807, 2.05) is 50.2 Å². The van der Waals surface area contributed by atoms with Crippen LogP contribution in [0.15, 0.2) is 42.5 Å². The topological polar surface area (TPSA) is 58.6 Å². The van der Waals surface area contributed by atoms with E-state index in [1.54, 1.807) is 13.2 Å². The number of nitrogens with one attached hydrogen (secondary N) is 1. The quantitative estimate of drug-likeness (QED) is 0.878. The lowest BCUT2D eigenvalue weighted by molar-refractivity contribution is -0.121. The van der Waals surface area contributed by atoms with Crippen molar-refractivity contribution in [1.82, 2.24) is 0 Å². The van der Waals surface area contributed by atoms with Gasteiger partial charge in [0.25, 0.3) is 5.91 Å². The molecule has 1 aliphatic heterocycles. The molecule has 0 aromatic heterocycles. The number of methoxy groups -OCH3 is 1. The van der Waals surface area contributed by atoms with Crippen LogP contribution in [-0.4, -0.2) is 25.0 Å². The summed E-state index contributed by atoms with van der Waals surface area (Å²) >= 11 is 0. The molecule has 1 atom stereocenters. The van der Waals surface area contributed by atoms with E-state index in [0.29, 0.717) is 11.4 Å². The molecule has 0 unspecified atom stereocenters. The summed E-state index contributed by atoms with van der Waals surface area (Å²) in [5, 5.41) is 3.14. The van der Waals surface area contributed by atoms with Gasteiger partial charge in [-0.3, -0.25) is 9.59 Å². The van der Waals surface area contributed by atoms with Gasteiger partial charge >= 0.3 is 0 Å². The van der Waals surface area contributed by atoms with Gasteiger partial charge in [-0.1, -0.05) is 18.2 Å². The Morgan fingerprint density at radius 1 is 1.12 bits per heavy atom. The largest absolute Gasteiger partial charge is 0.497 e. The summed E-state index contributed by atoms with van der Waals surface area (Å²) in [5.41, 5.74) is 3.42. The molecule has 1 N–H and O–H groups in total. The molecule has 2 aromatic carbocycles. The zero-order valence-corrected chi connectivity index (χ0v) is 14.0. The summed E-state index contributed by atoms with van der Waals surface area (Å²) in [7, 11) is 1.59. The van der Waals surface area contributed by atoms with Crippen LogP contribution in [0.25, 0.3) is 0 Å². The minimum atomic E-state index is -0.565. The van der Waals surface area contributed by atoms with E-state index in [1.165, 1.54) is 4.90 Å². The Kier molecular flexibility index (Phi) is 4.25. The van der Waals surface area contributed by atoms with Crippen molar-refractivity contribution in [3.63, 3.8) is 0 Å². The van der Waals surface area contributed by atoms with Crippen LogP contribution >= 0.6 is 0 Å². The molecule has 2 aromatic rings. The number of amides is 2. The van der Waals surface area contributed by atoms with Crippen molar-refractivity contribution in [3.05, 3.63) is 53.6 Å². The third-order valence-corrected chi connectivity index (χ3v) is 4.37. The van der Waals surface area contributed by atoms with Gasteiger partial charge < -0.3 is 10.1 Å². The highest BCUT2D eigenvalue weighted by molar-refractivity contribution is 6.23. The van der Waals surface area contributed by atoms with Crippen LogP contribution in [0.4, 0.5) is 11.4 Å². The lowest BCUT2D eigenvalue weighted by atomic mass is 10.1. The highest BCUT2D eigenvalue weighted by Crippen LogP contribution is 2.29. The van der Waals surface area contributed by atoms with Crippen molar-refractivity contribution in [1.29, 1.82) is 0 Å². The minimum absolute atomic E-state index is 0.142. The first-order valence-corrected chi connectivity index (χ1v) is 7.85. The van der Waals surface area contributed by atoms with Gasteiger partial charge in [0.1, 0.15) is 11.8 Å². The van der Waals surface area contributed by atoms with Crippen LogP contribution in [0.5, 0.6) is 5.75 Å². The molecular formula is C19H20N2O3. The van der Waals surface area contributed by atoms with Crippen LogP contribution in [0, 0.1) is 13.8 Å². The Balaban J connectivity index is 1.85. The molecule has 5 nitrogen and oxygen atoms in total. The molecule has 1 heterocycles. The van der Waals surface area contributed by atoms with E-state index in [2.05, 4.69) is 5.32 Å². The van der Waals surface area contributed by atoms with Gasteiger partial charge in [0.2, 0.25) is 5.91 Å². The number of aryl methyl sites for hydroxylation is 1. The van der Waals surface area contributed by atoms with Crippen molar-refractivity contribution in [2.24, 2.45) is 0 Å². The maximum absolute atomic E-state index is 12.8. The van der Waals surface area contributed by atoms with Gasteiger partial charge in [-0.25, -0.2) is 4.90 Å². The first kappa shape index (κ1) is 16.1. The maximum atomic E-state index is 12.8. The third kappa shape index (κ3) is 2.85. The second-order valence-corrected chi connectivity index (χ2v) is 5.92. The van der Waals surface area contributed by atoms with Crippen LogP contribution < -0.4 is 15.0 Å². The molecule has 1 aliphatic rings. The third-order valence-electron chi connectivity index (χ3n) is 4.37. The number of imide groups is 1. The number of benzene rings is 2. The fourth-order valence-corrected chi connectivity index (χ4v) is 2.89. The Bertz CT molecular complexity index is 801. The molecule has 0 saturated carbocycles. The number of hydrogen-bond acceptors (Lipinski definition) is 4. The van der Waals surface area contributed by atoms with E-state index in [9.17, 15) is 9.59 Å². The van der Waals surface area contributed by atoms with Gasteiger partial charge in [0.05, 0.1) is 19.2 Å². The van der Waals surface area contributed by atoms with Crippen LogP contribution in [0.3, 0.4) is 0 Å². The van der Waals surface area contributed by atoms with E-state index >= 15 is 0 Å². The molecule has 2 amide bonds. The number of carbonyl (C=O) groups excluding carboxylic acids is 2. The molecule has 0 radical (unpaired) electrons. The average molecular weight is 324 g/mol. The van der Waals surface area contributed by atoms with Crippen LogP contribution in [0.1, 0.15) is 17.5 Å².